The normalized spacial score (nSPS) is 15.8. The van der Waals surface area contributed by atoms with Crippen molar-refractivity contribution in [2.24, 2.45) is 5.92 Å². The fourth-order valence-electron chi connectivity index (χ4n) is 3.98. The van der Waals surface area contributed by atoms with Gasteiger partial charge in [0.05, 0.1) is 0 Å². The van der Waals surface area contributed by atoms with Crippen molar-refractivity contribution < 1.29 is 0 Å². The Balaban J connectivity index is 1.31. The molecule has 2 heterocycles. The Morgan fingerprint density at radius 3 is 2.74 bits per heavy atom. The third-order valence-electron chi connectivity index (χ3n) is 5.59. The van der Waals surface area contributed by atoms with E-state index < -0.39 is 0 Å². The number of nitrogens with zero attached hydrogens (tertiary/aromatic N) is 2. The van der Waals surface area contributed by atoms with Gasteiger partial charge in [-0.15, -0.1) is 0 Å². The minimum absolute atomic E-state index is 0.488. The number of aromatic nitrogens is 2. The maximum absolute atomic E-state index is 4.30. The summed E-state index contributed by atoms with van der Waals surface area (Å²) in [6, 6.07) is 16.9. The van der Waals surface area contributed by atoms with Crippen molar-refractivity contribution in [2.75, 3.05) is 5.32 Å². The van der Waals surface area contributed by atoms with E-state index in [1.807, 2.05) is 31.6 Å². The molecule has 2 aromatic heterocycles. The minimum atomic E-state index is 0.488. The molecule has 1 N–H and O–H groups in total. The monoisotopic (exact) mass is 407 g/mol. The molecule has 1 aliphatic carbocycles. The number of hydrogen-bond donors (Lipinski definition) is 1. The van der Waals surface area contributed by atoms with Crippen LogP contribution < -0.4 is 5.32 Å². The van der Waals surface area contributed by atoms with Crippen LogP contribution in [0.25, 0.3) is 5.57 Å². The van der Waals surface area contributed by atoms with Crippen molar-refractivity contribution in [3.8, 4) is 0 Å². The fraction of sp³-hybridized carbons (Fsp3) is 0.214. The average molecular weight is 408 g/mol. The molecule has 0 spiro atoms. The lowest BCUT2D eigenvalue weighted by Crippen LogP contribution is -2.04. The van der Waals surface area contributed by atoms with Crippen LogP contribution in [0.1, 0.15) is 41.6 Å². The van der Waals surface area contributed by atoms with Crippen LogP contribution in [0.4, 0.5) is 5.69 Å². The van der Waals surface area contributed by atoms with Crippen molar-refractivity contribution in [2.45, 2.75) is 32.6 Å². The van der Waals surface area contributed by atoms with E-state index >= 15 is 0 Å². The highest BCUT2D eigenvalue weighted by Crippen LogP contribution is 2.27. The molecule has 0 saturated carbocycles. The second-order valence-corrected chi connectivity index (χ2v) is 8.21. The lowest BCUT2D eigenvalue weighted by molar-refractivity contribution is 0.597. The van der Waals surface area contributed by atoms with Crippen molar-refractivity contribution in [3.63, 3.8) is 0 Å². The summed E-state index contributed by atoms with van der Waals surface area (Å²) < 4.78 is 0. The summed E-state index contributed by atoms with van der Waals surface area (Å²) in [5, 5.41) is 3.49. The van der Waals surface area contributed by atoms with Gasteiger partial charge in [0.15, 0.2) is 0 Å². The number of benzene rings is 1. The van der Waals surface area contributed by atoms with Gasteiger partial charge >= 0.3 is 0 Å². The van der Waals surface area contributed by atoms with E-state index in [2.05, 4.69) is 82.6 Å². The molecular formula is C28H29N3. The van der Waals surface area contributed by atoms with Gasteiger partial charge in [-0.05, 0) is 91.1 Å². The van der Waals surface area contributed by atoms with Crippen LogP contribution in [-0.4, -0.2) is 9.97 Å². The highest BCUT2D eigenvalue weighted by molar-refractivity contribution is 5.74. The summed E-state index contributed by atoms with van der Waals surface area (Å²) in [4.78, 5) is 8.49. The molecule has 0 bridgehead atoms. The van der Waals surface area contributed by atoms with Crippen LogP contribution >= 0.6 is 0 Å². The van der Waals surface area contributed by atoms with E-state index in [4.69, 9.17) is 0 Å². The van der Waals surface area contributed by atoms with Gasteiger partial charge in [-0.2, -0.15) is 0 Å². The zero-order valence-electron chi connectivity index (χ0n) is 18.1. The van der Waals surface area contributed by atoms with Crippen LogP contribution in [0.3, 0.4) is 0 Å². The Labute approximate surface area is 185 Å². The van der Waals surface area contributed by atoms with E-state index in [9.17, 15) is 0 Å². The molecule has 0 fully saturated rings. The largest absolute Gasteiger partial charge is 0.359 e. The van der Waals surface area contributed by atoms with Crippen molar-refractivity contribution in [1.29, 1.82) is 0 Å². The summed E-state index contributed by atoms with van der Waals surface area (Å²) in [6.07, 6.45) is 16.6. The van der Waals surface area contributed by atoms with Gasteiger partial charge in [0.25, 0.3) is 0 Å². The molecule has 1 aliphatic rings. The molecular weight excluding hydrogens is 378 g/mol. The van der Waals surface area contributed by atoms with Crippen LogP contribution in [-0.2, 0) is 6.42 Å². The number of anilines is 1. The Kier molecular flexibility index (Phi) is 6.73. The summed E-state index contributed by atoms with van der Waals surface area (Å²) in [7, 11) is 0. The Bertz CT molecular complexity index is 1080. The zero-order valence-corrected chi connectivity index (χ0v) is 18.1. The zero-order chi connectivity index (χ0) is 21.5. The van der Waals surface area contributed by atoms with E-state index in [1.54, 1.807) is 0 Å². The molecule has 1 unspecified atom stereocenters. The molecule has 0 radical (unpaired) electrons. The first-order valence-electron chi connectivity index (χ1n) is 10.9. The molecule has 3 aromatic rings. The first-order valence-corrected chi connectivity index (χ1v) is 10.9. The second-order valence-electron chi connectivity index (χ2n) is 8.21. The van der Waals surface area contributed by atoms with E-state index in [0.29, 0.717) is 5.92 Å². The van der Waals surface area contributed by atoms with Crippen molar-refractivity contribution in [1.82, 2.24) is 9.97 Å². The average Bonchev–Trinajstić information content (AvgIpc) is 3.01. The Hall–Kier alpha value is -3.46. The highest BCUT2D eigenvalue weighted by atomic mass is 14.9. The maximum atomic E-state index is 4.30. The molecule has 3 nitrogen and oxygen atoms in total. The van der Waals surface area contributed by atoms with Gasteiger partial charge in [-0.25, -0.2) is 0 Å². The van der Waals surface area contributed by atoms with E-state index in [1.165, 1.54) is 22.3 Å². The standard InChI is InChI=1S/C28H29N3/c1-21-18-27(14-16-30-21)26-7-3-5-23(8-11-26)17-22(2)31-28-12-9-24(10-13-28)19-25-6-4-15-29-20-25/h4,6-16,18,20,23,31H,2-3,5,17,19H2,1H3. The molecule has 0 amide bonds. The van der Waals surface area contributed by atoms with Gasteiger partial charge < -0.3 is 5.32 Å². The second kappa shape index (κ2) is 10.0. The molecule has 3 heteroatoms. The number of pyridine rings is 2. The minimum Gasteiger partial charge on any atom is -0.359 e. The summed E-state index contributed by atoms with van der Waals surface area (Å²) >= 11 is 0. The molecule has 1 aromatic carbocycles. The van der Waals surface area contributed by atoms with Gasteiger partial charge in [-0.3, -0.25) is 9.97 Å². The molecule has 31 heavy (non-hydrogen) atoms. The number of hydrogen-bond acceptors (Lipinski definition) is 3. The van der Waals surface area contributed by atoms with E-state index in [0.717, 1.165) is 42.8 Å². The van der Waals surface area contributed by atoms with Crippen LogP contribution in [0.2, 0.25) is 0 Å². The Morgan fingerprint density at radius 2 is 1.97 bits per heavy atom. The molecule has 4 rings (SSSR count). The third-order valence-corrected chi connectivity index (χ3v) is 5.59. The first-order chi connectivity index (χ1) is 15.2. The van der Waals surface area contributed by atoms with Gasteiger partial charge in [0, 0.05) is 35.7 Å². The maximum Gasteiger partial charge on any atom is 0.0381 e. The number of rotatable bonds is 7. The molecule has 156 valence electrons. The predicted molar refractivity (Wildman–Crippen MR) is 130 cm³/mol. The van der Waals surface area contributed by atoms with Gasteiger partial charge in [-0.1, -0.05) is 43.0 Å². The van der Waals surface area contributed by atoms with Crippen LogP contribution in [0.15, 0.2) is 97.6 Å². The molecule has 0 saturated heterocycles. The number of allylic oxidation sites excluding steroid dienone is 5. The van der Waals surface area contributed by atoms with Crippen molar-refractivity contribution >= 4 is 11.3 Å². The molecule has 1 atom stereocenters. The van der Waals surface area contributed by atoms with Crippen LogP contribution in [0, 0.1) is 12.8 Å². The number of aryl methyl sites for hydroxylation is 1. The fourth-order valence-corrected chi connectivity index (χ4v) is 3.98. The predicted octanol–water partition coefficient (Wildman–Crippen LogP) is 6.74. The van der Waals surface area contributed by atoms with Gasteiger partial charge in [0.2, 0.25) is 0 Å². The third kappa shape index (κ3) is 6.02. The smallest absolute Gasteiger partial charge is 0.0381 e. The summed E-state index contributed by atoms with van der Waals surface area (Å²) in [5.74, 6) is 0.488. The van der Waals surface area contributed by atoms with E-state index in [-0.39, 0.29) is 0 Å². The first kappa shape index (κ1) is 20.8. The summed E-state index contributed by atoms with van der Waals surface area (Å²) in [6.45, 7) is 6.31. The summed E-state index contributed by atoms with van der Waals surface area (Å²) in [5.41, 5.74) is 8.23. The SMILES string of the molecule is C=C(CC1C=CC(c2ccnc(C)c2)=CCC1)Nc1ccc(Cc2cccnc2)cc1. The van der Waals surface area contributed by atoms with Crippen LogP contribution in [0.5, 0.6) is 0 Å². The quantitative estimate of drug-likeness (QED) is 0.471. The number of nitrogens with one attached hydrogen (secondary N) is 1. The lowest BCUT2D eigenvalue weighted by Gasteiger charge is -2.15. The lowest BCUT2D eigenvalue weighted by atomic mass is 9.98. The Morgan fingerprint density at radius 1 is 1.10 bits per heavy atom. The van der Waals surface area contributed by atoms with Gasteiger partial charge in [0.1, 0.15) is 0 Å². The van der Waals surface area contributed by atoms with Crippen molar-refractivity contribution in [3.05, 3.63) is 120 Å². The highest BCUT2D eigenvalue weighted by Gasteiger charge is 2.11. The molecule has 0 aliphatic heterocycles. The topological polar surface area (TPSA) is 37.8 Å².